The lowest BCUT2D eigenvalue weighted by atomic mass is 10.00. The number of ether oxygens (including phenoxy) is 2. The van der Waals surface area contributed by atoms with Gasteiger partial charge in [0.15, 0.2) is 6.10 Å². The Balaban J connectivity index is 1.61. The summed E-state index contributed by atoms with van der Waals surface area (Å²) in [7, 11) is -3.85. The number of Topliss-reactive ketones (excluding diaryl/α,β-unsaturated/α-hetero) is 1. The molecule has 0 amide bonds. The third kappa shape index (κ3) is 5.67. The fourth-order valence-electron chi connectivity index (χ4n) is 4.09. The molecule has 0 bridgehead atoms. The topological polar surface area (TPSA) is 90.0 Å². The quantitative estimate of drug-likeness (QED) is 0.361. The van der Waals surface area contributed by atoms with Crippen LogP contribution in [0.2, 0.25) is 0 Å². The molecule has 0 N–H and O–H groups in total. The minimum atomic E-state index is -3.85. The molecule has 0 spiro atoms. The first-order chi connectivity index (χ1) is 16.8. The van der Waals surface area contributed by atoms with Crippen LogP contribution in [0.4, 0.5) is 0 Å². The molecule has 1 heterocycles. The molecule has 182 valence electrons. The van der Waals surface area contributed by atoms with Crippen molar-refractivity contribution in [3.63, 3.8) is 0 Å². The van der Waals surface area contributed by atoms with Gasteiger partial charge in [0.05, 0.1) is 22.7 Å². The highest BCUT2D eigenvalue weighted by molar-refractivity contribution is 7.89. The van der Waals surface area contributed by atoms with Crippen molar-refractivity contribution in [2.24, 2.45) is 0 Å². The van der Waals surface area contributed by atoms with E-state index < -0.39 is 22.1 Å². The van der Waals surface area contributed by atoms with E-state index in [-0.39, 0.29) is 41.5 Å². The first-order valence-electron chi connectivity index (χ1n) is 11.4. The summed E-state index contributed by atoms with van der Waals surface area (Å²) in [6.07, 6.45) is -1.65. The predicted octanol–water partition coefficient (Wildman–Crippen LogP) is 4.27. The second-order valence-electron chi connectivity index (χ2n) is 8.53. The maximum Gasteiger partial charge on any atom is 0.339 e. The summed E-state index contributed by atoms with van der Waals surface area (Å²) in [4.78, 5) is 26.3. The van der Waals surface area contributed by atoms with Crippen molar-refractivity contribution >= 4 is 21.8 Å². The second-order valence-corrected chi connectivity index (χ2v) is 10.5. The van der Waals surface area contributed by atoms with E-state index in [1.54, 1.807) is 60.7 Å². The number of hydrogen-bond donors (Lipinski definition) is 0. The van der Waals surface area contributed by atoms with Gasteiger partial charge in [-0.2, -0.15) is 4.31 Å². The number of hydrogen-bond acceptors (Lipinski definition) is 6. The molecular formula is C27H27NO6S. The van der Waals surface area contributed by atoms with Crippen molar-refractivity contribution in [3.8, 4) is 0 Å². The third-order valence-electron chi connectivity index (χ3n) is 5.72. The molecule has 3 atom stereocenters. The van der Waals surface area contributed by atoms with Crippen LogP contribution < -0.4 is 0 Å². The van der Waals surface area contributed by atoms with Crippen LogP contribution in [0.1, 0.15) is 46.2 Å². The van der Waals surface area contributed by atoms with E-state index in [4.69, 9.17) is 9.47 Å². The van der Waals surface area contributed by atoms with Gasteiger partial charge in [-0.15, -0.1) is 0 Å². The summed E-state index contributed by atoms with van der Waals surface area (Å²) in [5.74, 6) is -1.16. The minimum absolute atomic E-state index is 0.0149. The smallest absolute Gasteiger partial charge is 0.339 e. The fourth-order valence-corrected chi connectivity index (χ4v) is 5.73. The van der Waals surface area contributed by atoms with Crippen LogP contribution in [0.5, 0.6) is 0 Å². The fraction of sp³-hybridized carbons (Fsp3) is 0.259. The molecule has 4 rings (SSSR count). The molecule has 3 aromatic rings. The highest BCUT2D eigenvalue weighted by Gasteiger charge is 2.33. The zero-order chi connectivity index (χ0) is 25.0. The average Bonchev–Trinajstić information content (AvgIpc) is 2.87. The SMILES string of the molecule is C[C@@H]1CN(S(=O)(=O)c2cccc(C(=O)O[C@@H](C(=O)c3ccccc3)c3ccccc3)c2)C[C@H](C)O1. The lowest BCUT2D eigenvalue weighted by molar-refractivity contribution is -0.0440. The number of ketones is 1. The van der Waals surface area contributed by atoms with Gasteiger partial charge in [0.25, 0.3) is 0 Å². The second kappa shape index (κ2) is 10.5. The summed E-state index contributed by atoms with van der Waals surface area (Å²) in [5.41, 5.74) is 0.970. The Labute approximate surface area is 205 Å². The zero-order valence-corrected chi connectivity index (χ0v) is 20.4. The van der Waals surface area contributed by atoms with Crippen molar-refractivity contribution in [1.29, 1.82) is 0 Å². The molecule has 1 saturated heterocycles. The third-order valence-corrected chi connectivity index (χ3v) is 7.54. The molecule has 3 aromatic carbocycles. The van der Waals surface area contributed by atoms with Crippen LogP contribution in [-0.4, -0.2) is 49.8 Å². The Hall–Kier alpha value is -3.33. The summed E-state index contributed by atoms with van der Waals surface area (Å²) in [6, 6.07) is 23.0. The predicted molar refractivity (Wildman–Crippen MR) is 131 cm³/mol. The van der Waals surface area contributed by atoms with Gasteiger partial charge in [-0.3, -0.25) is 4.79 Å². The van der Waals surface area contributed by atoms with E-state index in [0.717, 1.165) is 0 Å². The van der Waals surface area contributed by atoms with Gasteiger partial charge in [0, 0.05) is 24.2 Å². The molecule has 8 heteroatoms. The lowest BCUT2D eigenvalue weighted by Crippen LogP contribution is -2.48. The maximum absolute atomic E-state index is 13.3. The summed E-state index contributed by atoms with van der Waals surface area (Å²) < 4.78 is 39.2. The molecule has 7 nitrogen and oxygen atoms in total. The zero-order valence-electron chi connectivity index (χ0n) is 19.5. The van der Waals surface area contributed by atoms with Crippen molar-refractivity contribution in [3.05, 3.63) is 102 Å². The van der Waals surface area contributed by atoms with Gasteiger partial charge in [-0.25, -0.2) is 13.2 Å². The summed E-state index contributed by atoms with van der Waals surface area (Å²) in [5, 5.41) is 0. The number of carbonyl (C=O) groups is 2. The monoisotopic (exact) mass is 493 g/mol. The Morgan fingerprint density at radius 1 is 0.857 bits per heavy atom. The number of morpholine rings is 1. The average molecular weight is 494 g/mol. The Kier molecular flexibility index (Phi) is 7.45. The van der Waals surface area contributed by atoms with Crippen LogP contribution in [0, 0.1) is 0 Å². The van der Waals surface area contributed by atoms with Gasteiger partial charge in [0.2, 0.25) is 15.8 Å². The minimum Gasteiger partial charge on any atom is -0.445 e. The van der Waals surface area contributed by atoms with Crippen LogP contribution in [0.15, 0.2) is 89.8 Å². The van der Waals surface area contributed by atoms with E-state index in [1.165, 1.54) is 28.6 Å². The van der Waals surface area contributed by atoms with E-state index in [2.05, 4.69) is 0 Å². The first kappa shape index (κ1) is 24.8. The summed E-state index contributed by atoms with van der Waals surface area (Å²) >= 11 is 0. The standard InChI is InChI=1S/C27H27NO6S/c1-19-17-28(18-20(2)33-19)35(31,32)24-15-9-14-23(16-24)27(30)34-26(22-12-7-4-8-13-22)25(29)21-10-5-3-6-11-21/h3-16,19-20,26H,17-18H2,1-2H3/t19-,20+,26-/m1/s1. The highest BCUT2D eigenvalue weighted by atomic mass is 32.2. The first-order valence-corrected chi connectivity index (χ1v) is 12.8. The normalized spacial score (nSPS) is 19.6. The van der Waals surface area contributed by atoms with Crippen LogP contribution in [0.3, 0.4) is 0 Å². The number of carbonyl (C=O) groups excluding carboxylic acids is 2. The van der Waals surface area contributed by atoms with Crippen LogP contribution in [0.25, 0.3) is 0 Å². The Morgan fingerprint density at radius 3 is 2.06 bits per heavy atom. The summed E-state index contributed by atoms with van der Waals surface area (Å²) in [6.45, 7) is 4.09. The number of nitrogens with zero attached hydrogens (tertiary/aromatic N) is 1. The number of esters is 1. The van der Waals surface area contributed by atoms with Crippen molar-refractivity contribution < 1.29 is 27.5 Å². The number of benzene rings is 3. The largest absolute Gasteiger partial charge is 0.445 e. The Bertz CT molecular complexity index is 1280. The molecule has 1 aliphatic heterocycles. The molecule has 0 saturated carbocycles. The van der Waals surface area contributed by atoms with E-state index >= 15 is 0 Å². The van der Waals surface area contributed by atoms with Gasteiger partial charge < -0.3 is 9.47 Å². The number of rotatable bonds is 7. The van der Waals surface area contributed by atoms with Gasteiger partial charge in [-0.1, -0.05) is 66.7 Å². The van der Waals surface area contributed by atoms with Gasteiger partial charge in [0.1, 0.15) is 0 Å². The lowest BCUT2D eigenvalue weighted by Gasteiger charge is -2.34. The van der Waals surface area contributed by atoms with Crippen LogP contribution >= 0.6 is 0 Å². The molecule has 0 aliphatic carbocycles. The number of sulfonamides is 1. The van der Waals surface area contributed by atoms with Gasteiger partial charge >= 0.3 is 5.97 Å². The molecular weight excluding hydrogens is 466 g/mol. The molecule has 1 aliphatic rings. The van der Waals surface area contributed by atoms with Crippen molar-refractivity contribution in [1.82, 2.24) is 4.31 Å². The van der Waals surface area contributed by atoms with Crippen molar-refractivity contribution in [2.75, 3.05) is 13.1 Å². The molecule has 35 heavy (non-hydrogen) atoms. The van der Waals surface area contributed by atoms with E-state index in [9.17, 15) is 18.0 Å². The molecule has 0 aromatic heterocycles. The highest BCUT2D eigenvalue weighted by Crippen LogP contribution is 2.26. The molecule has 0 unspecified atom stereocenters. The maximum atomic E-state index is 13.3. The molecule has 1 fully saturated rings. The van der Waals surface area contributed by atoms with Crippen molar-refractivity contribution in [2.45, 2.75) is 37.1 Å². The Morgan fingerprint density at radius 2 is 1.43 bits per heavy atom. The van der Waals surface area contributed by atoms with E-state index in [0.29, 0.717) is 11.1 Å². The van der Waals surface area contributed by atoms with E-state index in [1.807, 2.05) is 13.8 Å². The van der Waals surface area contributed by atoms with Gasteiger partial charge in [-0.05, 0) is 32.0 Å². The van der Waals surface area contributed by atoms with Crippen LogP contribution in [-0.2, 0) is 19.5 Å². The molecule has 0 radical (unpaired) electrons.